The highest BCUT2D eigenvalue weighted by atomic mass is 16.5. The first-order valence-electron chi connectivity index (χ1n) is 5.12. The molecule has 0 saturated heterocycles. The molecular formula is C13H15NO2. The van der Waals surface area contributed by atoms with Crippen molar-refractivity contribution in [2.75, 3.05) is 20.3 Å². The van der Waals surface area contributed by atoms with Crippen LogP contribution in [0.2, 0.25) is 0 Å². The van der Waals surface area contributed by atoms with E-state index in [1.807, 2.05) is 36.4 Å². The molecule has 0 N–H and O–H groups in total. The highest BCUT2D eigenvalue weighted by Gasteiger charge is 1.92. The first-order valence-corrected chi connectivity index (χ1v) is 5.12. The zero-order valence-corrected chi connectivity index (χ0v) is 9.35. The smallest absolute Gasteiger partial charge is 0.119 e. The van der Waals surface area contributed by atoms with Gasteiger partial charge in [-0.15, -0.1) is 0 Å². The van der Waals surface area contributed by atoms with E-state index in [9.17, 15) is 0 Å². The Hall–Kier alpha value is -1.79. The van der Waals surface area contributed by atoms with Gasteiger partial charge in [0.15, 0.2) is 0 Å². The van der Waals surface area contributed by atoms with Crippen LogP contribution in [0.15, 0.2) is 30.3 Å². The second kappa shape index (κ2) is 7.49. The molecule has 3 heteroatoms. The van der Waals surface area contributed by atoms with Gasteiger partial charge in [0.1, 0.15) is 12.4 Å². The summed E-state index contributed by atoms with van der Waals surface area (Å²) >= 11 is 0. The van der Waals surface area contributed by atoms with Crippen LogP contribution in [0.4, 0.5) is 0 Å². The van der Waals surface area contributed by atoms with Crippen LogP contribution in [0.25, 0.3) is 6.08 Å². The molecule has 3 nitrogen and oxygen atoms in total. The summed E-state index contributed by atoms with van der Waals surface area (Å²) in [6.07, 6.45) is 4.19. The minimum Gasteiger partial charge on any atom is -0.491 e. The molecule has 1 aromatic rings. The largest absolute Gasteiger partial charge is 0.491 e. The summed E-state index contributed by atoms with van der Waals surface area (Å²) in [7, 11) is 1.65. The molecular weight excluding hydrogens is 202 g/mol. The number of nitrogens with zero attached hydrogens (tertiary/aromatic N) is 1. The van der Waals surface area contributed by atoms with Crippen molar-refractivity contribution in [1.29, 1.82) is 5.26 Å². The Bertz CT molecular complexity index is 363. The maximum Gasteiger partial charge on any atom is 0.119 e. The normalized spacial score (nSPS) is 10.2. The molecule has 0 spiro atoms. The van der Waals surface area contributed by atoms with E-state index in [1.54, 1.807) is 7.11 Å². The van der Waals surface area contributed by atoms with Crippen molar-refractivity contribution in [3.8, 4) is 11.8 Å². The zero-order valence-electron chi connectivity index (χ0n) is 9.35. The van der Waals surface area contributed by atoms with Crippen molar-refractivity contribution < 1.29 is 9.47 Å². The van der Waals surface area contributed by atoms with Gasteiger partial charge in [0.2, 0.25) is 0 Å². The fourth-order valence-electron chi connectivity index (χ4n) is 1.17. The molecule has 0 aliphatic heterocycles. The van der Waals surface area contributed by atoms with Gasteiger partial charge >= 0.3 is 0 Å². The van der Waals surface area contributed by atoms with Crippen LogP contribution in [0, 0.1) is 11.3 Å². The average Bonchev–Trinajstić information content (AvgIpc) is 2.32. The number of benzene rings is 1. The Morgan fingerprint density at radius 1 is 1.25 bits per heavy atom. The quantitative estimate of drug-likeness (QED) is 0.688. The van der Waals surface area contributed by atoms with E-state index in [-0.39, 0.29) is 0 Å². The van der Waals surface area contributed by atoms with Crippen LogP contribution in [-0.4, -0.2) is 20.3 Å². The molecule has 0 saturated carbocycles. The summed E-state index contributed by atoms with van der Waals surface area (Å²) in [6, 6.07) is 9.78. The summed E-state index contributed by atoms with van der Waals surface area (Å²) < 4.78 is 10.3. The Balaban J connectivity index is 2.45. The molecule has 1 aromatic carbocycles. The Labute approximate surface area is 95.9 Å². The number of hydrogen-bond acceptors (Lipinski definition) is 3. The van der Waals surface area contributed by atoms with Gasteiger partial charge in [-0.25, -0.2) is 0 Å². The SMILES string of the molecule is COCCOc1ccc(C=CCC#N)cc1. The number of rotatable bonds is 6. The van der Waals surface area contributed by atoms with Crippen LogP contribution < -0.4 is 4.74 Å². The highest BCUT2D eigenvalue weighted by Crippen LogP contribution is 2.13. The lowest BCUT2D eigenvalue weighted by Gasteiger charge is -2.05. The van der Waals surface area contributed by atoms with Gasteiger partial charge in [0.05, 0.1) is 19.1 Å². The highest BCUT2D eigenvalue weighted by molar-refractivity contribution is 5.50. The number of methoxy groups -OCH3 is 1. The van der Waals surface area contributed by atoms with Crippen molar-refractivity contribution in [3.05, 3.63) is 35.9 Å². The molecule has 0 bridgehead atoms. The van der Waals surface area contributed by atoms with Crippen molar-refractivity contribution >= 4 is 6.08 Å². The Morgan fingerprint density at radius 2 is 2.00 bits per heavy atom. The molecule has 0 aliphatic rings. The predicted octanol–water partition coefficient (Wildman–Crippen LogP) is 2.64. The van der Waals surface area contributed by atoms with Crippen LogP contribution in [0.5, 0.6) is 5.75 Å². The van der Waals surface area contributed by atoms with E-state index in [2.05, 4.69) is 6.07 Å². The lowest BCUT2D eigenvalue weighted by atomic mass is 10.2. The predicted molar refractivity (Wildman–Crippen MR) is 63.1 cm³/mol. The molecule has 0 amide bonds. The molecule has 84 valence electrons. The van der Waals surface area contributed by atoms with E-state index in [0.29, 0.717) is 19.6 Å². The summed E-state index contributed by atoms with van der Waals surface area (Å²) in [6.45, 7) is 1.14. The van der Waals surface area contributed by atoms with Crippen LogP contribution >= 0.6 is 0 Å². The van der Waals surface area contributed by atoms with E-state index < -0.39 is 0 Å². The van der Waals surface area contributed by atoms with E-state index >= 15 is 0 Å². The van der Waals surface area contributed by atoms with Crippen LogP contribution in [0.1, 0.15) is 12.0 Å². The molecule has 0 radical (unpaired) electrons. The molecule has 0 aliphatic carbocycles. The van der Waals surface area contributed by atoms with Gasteiger partial charge in [-0.1, -0.05) is 24.3 Å². The average molecular weight is 217 g/mol. The standard InChI is InChI=1S/C13H15NO2/c1-15-10-11-16-13-7-5-12(6-8-13)4-2-3-9-14/h2,4-8H,3,10-11H2,1H3. The van der Waals surface area contributed by atoms with Crippen LogP contribution in [0.3, 0.4) is 0 Å². The fourth-order valence-corrected chi connectivity index (χ4v) is 1.17. The van der Waals surface area contributed by atoms with Crippen molar-refractivity contribution in [2.45, 2.75) is 6.42 Å². The second-order valence-electron chi connectivity index (χ2n) is 3.17. The minimum atomic E-state index is 0.437. The first-order chi connectivity index (χ1) is 7.86. The first kappa shape index (κ1) is 12.3. The molecule has 0 heterocycles. The third kappa shape index (κ3) is 4.63. The van der Waals surface area contributed by atoms with Gasteiger partial charge in [-0.3, -0.25) is 0 Å². The summed E-state index contributed by atoms with van der Waals surface area (Å²) in [4.78, 5) is 0. The number of nitriles is 1. The van der Waals surface area contributed by atoms with Crippen LogP contribution in [-0.2, 0) is 4.74 Å². The Kier molecular flexibility index (Phi) is 5.75. The molecule has 0 unspecified atom stereocenters. The molecule has 16 heavy (non-hydrogen) atoms. The third-order valence-electron chi connectivity index (χ3n) is 1.96. The monoisotopic (exact) mass is 217 g/mol. The molecule has 1 rings (SSSR count). The summed E-state index contributed by atoms with van der Waals surface area (Å²) in [5.74, 6) is 0.828. The van der Waals surface area contributed by atoms with E-state index in [4.69, 9.17) is 14.7 Å². The summed E-state index contributed by atoms with van der Waals surface area (Å²) in [5.41, 5.74) is 1.06. The number of hydrogen-bond donors (Lipinski definition) is 0. The molecule has 0 aromatic heterocycles. The lowest BCUT2D eigenvalue weighted by molar-refractivity contribution is 0.146. The maximum absolute atomic E-state index is 8.38. The second-order valence-corrected chi connectivity index (χ2v) is 3.17. The number of allylic oxidation sites excluding steroid dienone is 1. The molecule has 0 atom stereocenters. The lowest BCUT2D eigenvalue weighted by Crippen LogP contribution is -2.03. The third-order valence-corrected chi connectivity index (χ3v) is 1.96. The number of ether oxygens (including phenoxy) is 2. The fraction of sp³-hybridized carbons (Fsp3) is 0.308. The van der Waals surface area contributed by atoms with Gasteiger partial charge in [0, 0.05) is 7.11 Å². The van der Waals surface area contributed by atoms with Gasteiger partial charge in [-0.2, -0.15) is 5.26 Å². The van der Waals surface area contributed by atoms with Gasteiger partial charge in [0.25, 0.3) is 0 Å². The van der Waals surface area contributed by atoms with Crippen molar-refractivity contribution in [2.24, 2.45) is 0 Å². The summed E-state index contributed by atoms with van der Waals surface area (Å²) in [5, 5.41) is 8.38. The topological polar surface area (TPSA) is 42.2 Å². The maximum atomic E-state index is 8.38. The molecule has 0 fully saturated rings. The zero-order chi connectivity index (χ0) is 11.6. The van der Waals surface area contributed by atoms with Gasteiger partial charge in [-0.05, 0) is 17.7 Å². The van der Waals surface area contributed by atoms with E-state index in [1.165, 1.54) is 0 Å². The van der Waals surface area contributed by atoms with Gasteiger partial charge < -0.3 is 9.47 Å². The Morgan fingerprint density at radius 3 is 2.62 bits per heavy atom. The minimum absolute atomic E-state index is 0.437. The van der Waals surface area contributed by atoms with Crippen molar-refractivity contribution in [3.63, 3.8) is 0 Å². The van der Waals surface area contributed by atoms with E-state index in [0.717, 1.165) is 11.3 Å². The van der Waals surface area contributed by atoms with Crippen molar-refractivity contribution in [1.82, 2.24) is 0 Å².